The van der Waals surface area contributed by atoms with E-state index in [0.29, 0.717) is 15.7 Å². The Kier molecular flexibility index (Phi) is 4.30. The second-order valence-corrected chi connectivity index (χ2v) is 7.66. The van der Waals surface area contributed by atoms with Crippen LogP contribution in [0.3, 0.4) is 0 Å². The Morgan fingerprint density at radius 3 is 2.42 bits per heavy atom. The number of carbonyl (C=O) groups is 2. The minimum absolute atomic E-state index is 0.0811. The zero-order chi connectivity index (χ0) is 18.5. The zero-order valence-corrected chi connectivity index (χ0v) is 15.6. The van der Waals surface area contributed by atoms with Crippen molar-refractivity contribution in [2.45, 2.75) is 30.3 Å². The average Bonchev–Trinajstić information content (AvgIpc) is 2.89. The van der Waals surface area contributed by atoms with E-state index in [9.17, 15) is 9.59 Å². The summed E-state index contributed by atoms with van der Waals surface area (Å²) in [5.41, 5.74) is 1.42. The lowest BCUT2D eigenvalue weighted by Crippen LogP contribution is -2.55. The van der Waals surface area contributed by atoms with Crippen molar-refractivity contribution in [2.75, 3.05) is 12.4 Å². The fourth-order valence-corrected chi connectivity index (χ4v) is 4.70. The maximum atomic E-state index is 13.3. The number of amides is 1. The summed E-state index contributed by atoms with van der Waals surface area (Å²) in [6.07, 6.45) is -0.0700. The summed E-state index contributed by atoms with van der Waals surface area (Å²) in [6, 6.07) is 12.7. The van der Waals surface area contributed by atoms with Crippen LogP contribution in [-0.2, 0) is 19.7 Å². The second-order valence-electron chi connectivity index (χ2n) is 6.79. The van der Waals surface area contributed by atoms with Crippen LogP contribution in [0.5, 0.6) is 0 Å². The summed E-state index contributed by atoms with van der Waals surface area (Å²) < 4.78 is 5.69. The molecule has 1 fully saturated rings. The largest absolute Gasteiger partial charge is 0.379 e. The first kappa shape index (κ1) is 17.5. The topological polar surface area (TPSA) is 55.4 Å². The summed E-state index contributed by atoms with van der Waals surface area (Å²) in [4.78, 5) is 25.7. The number of methoxy groups -OCH3 is 1. The molecule has 4 rings (SSSR count). The number of ether oxygens (including phenoxy) is 1. The SMILES string of the molecule is COC1CC(=O)CC(c2ccc(Cl)cc2)C12C(=O)Nc1cc(Cl)ccc12. The summed E-state index contributed by atoms with van der Waals surface area (Å²) in [5, 5.41) is 4.10. The van der Waals surface area contributed by atoms with E-state index in [1.54, 1.807) is 31.4 Å². The van der Waals surface area contributed by atoms with Crippen molar-refractivity contribution in [3.05, 3.63) is 63.6 Å². The first-order valence-electron chi connectivity index (χ1n) is 8.38. The third-order valence-electron chi connectivity index (χ3n) is 5.51. The van der Waals surface area contributed by atoms with Crippen LogP contribution in [0.25, 0.3) is 0 Å². The minimum Gasteiger partial charge on any atom is -0.379 e. The quantitative estimate of drug-likeness (QED) is 0.830. The van der Waals surface area contributed by atoms with Gasteiger partial charge in [0.25, 0.3) is 0 Å². The van der Waals surface area contributed by atoms with Crippen LogP contribution in [0.15, 0.2) is 42.5 Å². The smallest absolute Gasteiger partial charge is 0.238 e. The van der Waals surface area contributed by atoms with E-state index in [0.717, 1.165) is 11.1 Å². The number of carbonyl (C=O) groups excluding carboxylic acids is 2. The Morgan fingerprint density at radius 1 is 1.04 bits per heavy atom. The molecule has 1 saturated carbocycles. The molecule has 1 heterocycles. The Morgan fingerprint density at radius 2 is 1.73 bits per heavy atom. The van der Waals surface area contributed by atoms with E-state index in [1.165, 1.54) is 0 Å². The fourth-order valence-electron chi connectivity index (χ4n) is 4.40. The van der Waals surface area contributed by atoms with Gasteiger partial charge < -0.3 is 10.1 Å². The molecule has 0 aromatic heterocycles. The van der Waals surface area contributed by atoms with Gasteiger partial charge in [0.1, 0.15) is 11.2 Å². The molecule has 0 bridgehead atoms. The predicted molar refractivity (Wildman–Crippen MR) is 101 cm³/mol. The van der Waals surface area contributed by atoms with Crippen LogP contribution in [-0.4, -0.2) is 24.9 Å². The molecule has 3 atom stereocenters. The highest BCUT2D eigenvalue weighted by molar-refractivity contribution is 6.31. The Bertz CT molecular complexity index is 896. The van der Waals surface area contributed by atoms with E-state index in [-0.39, 0.29) is 30.4 Å². The van der Waals surface area contributed by atoms with Gasteiger partial charge in [-0.1, -0.05) is 41.4 Å². The van der Waals surface area contributed by atoms with Gasteiger partial charge in [-0.15, -0.1) is 0 Å². The lowest BCUT2D eigenvalue weighted by Gasteiger charge is -2.44. The van der Waals surface area contributed by atoms with Crippen LogP contribution in [0.2, 0.25) is 10.0 Å². The molecule has 1 aliphatic heterocycles. The summed E-state index contributed by atoms with van der Waals surface area (Å²) in [5.74, 6) is -0.417. The van der Waals surface area contributed by atoms with Gasteiger partial charge in [0.2, 0.25) is 5.91 Å². The van der Waals surface area contributed by atoms with Crippen molar-refractivity contribution < 1.29 is 14.3 Å². The van der Waals surface area contributed by atoms with Crippen LogP contribution >= 0.6 is 23.2 Å². The number of hydrogen-bond acceptors (Lipinski definition) is 3. The summed E-state index contributed by atoms with van der Waals surface area (Å²) >= 11 is 12.1. The molecule has 2 aliphatic rings. The monoisotopic (exact) mass is 389 g/mol. The Hall–Kier alpha value is -1.88. The van der Waals surface area contributed by atoms with Crippen LogP contribution in [0, 0.1) is 0 Å². The Balaban J connectivity index is 1.96. The first-order chi connectivity index (χ1) is 12.5. The standard InChI is InChI=1S/C20H17Cl2NO3/c1-26-18-10-14(24)9-16(11-2-4-12(21)5-3-11)20(18)15-7-6-13(22)8-17(15)23-19(20)25/h2-8,16,18H,9-10H2,1H3,(H,23,25). The maximum absolute atomic E-state index is 13.3. The van der Waals surface area contributed by atoms with Gasteiger partial charge >= 0.3 is 0 Å². The number of hydrogen-bond donors (Lipinski definition) is 1. The molecule has 0 saturated heterocycles. The molecule has 4 nitrogen and oxygen atoms in total. The Labute approximate surface area is 161 Å². The molecule has 1 amide bonds. The van der Waals surface area contributed by atoms with Crippen molar-refractivity contribution in [3.8, 4) is 0 Å². The third-order valence-corrected chi connectivity index (χ3v) is 6.00. The number of nitrogens with one attached hydrogen (secondary N) is 1. The van der Waals surface area contributed by atoms with Gasteiger partial charge in [-0.05, 0) is 35.4 Å². The van der Waals surface area contributed by atoms with Crippen LogP contribution in [0.4, 0.5) is 5.69 Å². The number of halogens is 2. The zero-order valence-electron chi connectivity index (χ0n) is 14.1. The summed E-state index contributed by atoms with van der Waals surface area (Å²) in [6.45, 7) is 0. The molecule has 1 aliphatic carbocycles. The number of ketones is 1. The lowest BCUT2D eigenvalue weighted by atomic mass is 9.59. The highest BCUT2D eigenvalue weighted by Gasteiger charge is 2.60. The molecule has 1 N–H and O–H groups in total. The minimum atomic E-state index is -0.976. The molecule has 2 aromatic carbocycles. The van der Waals surface area contributed by atoms with Crippen LogP contribution < -0.4 is 5.32 Å². The number of Topliss-reactive ketones (excluding diaryl/α,β-unsaturated/α-hetero) is 1. The molecular weight excluding hydrogens is 373 g/mol. The van der Waals surface area contributed by atoms with Crippen molar-refractivity contribution in [1.82, 2.24) is 0 Å². The number of fused-ring (bicyclic) bond motifs is 2. The average molecular weight is 390 g/mol. The summed E-state index contributed by atoms with van der Waals surface area (Å²) in [7, 11) is 1.55. The lowest BCUT2D eigenvalue weighted by molar-refractivity contribution is -0.137. The van der Waals surface area contributed by atoms with E-state index in [2.05, 4.69) is 5.32 Å². The maximum Gasteiger partial charge on any atom is 0.238 e. The van der Waals surface area contributed by atoms with Crippen molar-refractivity contribution in [2.24, 2.45) is 0 Å². The number of anilines is 1. The molecule has 6 heteroatoms. The highest BCUT2D eigenvalue weighted by atomic mass is 35.5. The molecule has 2 aromatic rings. The molecular formula is C20H17Cl2NO3. The molecule has 26 heavy (non-hydrogen) atoms. The van der Waals surface area contributed by atoms with Gasteiger partial charge in [-0.25, -0.2) is 0 Å². The van der Waals surface area contributed by atoms with E-state index < -0.39 is 11.5 Å². The van der Waals surface area contributed by atoms with Crippen molar-refractivity contribution in [3.63, 3.8) is 0 Å². The first-order valence-corrected chi connectivity index (χ1v) is 9.14. The van der Waals surface area contributed by atoms with Gasteiger partial charge in [0.15, 0.2) is 0 Å². The molecule has 134 valence electrons. The molecule has 3 unspecified atom stereocenters. The van der Waals surface area contributed by atoms with Crippen molar-refractivity contribution in [1.29, 1.82) is 0 Å². The fraction of sp³-hybridized carbons (Fsp3) is 0.300. The van der Waals surface area contributed by atoms with E-state index >= 15 is 0 Å². The van der Waals surface area contributed by atoms with Crippen LogP contribution in [0.1, 0.15) is 29.9 Å². The normalized spacial score (nSPS) is 27.5. The molecule has 1 spiro atoms. The van der Waals surface area contributed by atoms with Crippen molar-refractivity contribution >= 4 is 40.6 Å². The van der Waals surface area contributed by atoms with E-state index in [1.807, 2.05) is 18.2 Å². The highest BCUT2D eigenvalue weighted by Crippen LogP contribution is 2.55. The number of benzene rings is 2. The second kappa shape index (κ2) is 6.38. The third kappa shape index (κ3) is 2.48. The van der Waals surface area contributed by atoms with E-state index in [4.69, 9.17) is 27.9 Å². The van der Waals surface area contributed by atoms with Gasteiger partial charge in [-0.3, -0.25) is 9.59 Å². The predicted octanol–water partition coefficient (Wildman–Crippen LogP) is 4.35. The number of rotatable bonds is 2. The van der Waals surface area contributed by atoms with Gasteiger partial charge in [0, 0.05) is 41.6 Å². The van der Waals surface area contributed by atoms with Gasteiger partial charge in [0.05, 0.1) is 6.10 Å². The van der Waals surface area contributed by atoms with Gasteiger partial charge in [-0.2, -0.15) is 0 Å². The molecule has 0 radical (unpaired) electrons.